The second-order valence-corrected chi connectivity index (χ2v) is 7.71. The SMILES string of the molecule is O=C(N[C@@H](CNC(=O)[C@@H]1C[C@@H](CCCNC2=NCCN2)ON1)C(=O)O)OCc1ccccc1. The molecule has 0 unspecified atom stereocenters. The first-order valence-electron chi connectivity index (χ1n) is 10.9. The number of nitrogens with zero attached hydrogens (tertiary/aromatic N) is 1. The lowest BCUT2D eigenvalue weighted by Gasteiger charge is -2.16. The summed E-state index contributed by atoms with van der Waals surface area (Å²) < 4.78 is 5.03. The minimum Gasteiger partial charge on any atom is -0.480 e. The quantitative estimate of drug-likeness (QED) is 0.237. The zero-order valence-electron chi connectivity index (χ0n) is 18.2. The minimum absolute atomic E-state index is 0.0102. The molecule has 12 heteroatoms. The van der Waals surface area contributed by atoms with Crippen molar-refractivity contribution in [1.82, 2.24) is 26.7 Å². The zero-order chi connectivity index (χ0) is 23.5. The van der Waals surface area contributed by atoms with Crippen LogP contribution in [-0.2, 0) is 25.8 Å². The molecule has 0 aliphatic carbocycles. The Balaban J connectivity index is 1.32. The molecule has 1 aromatic rings. The summed E-state index contributed by atoms with van der Waals surface area (Å²) in [7, 11) is 0. The van der Waals surface area contributed by atoms with Gasteiger partial charge in [-0.05, 0) is 18.4 Å². The van der Waals surface area contributed by atoms with E-state index in [9.17, 15) is 19.5 Å². The summed E-state index contributed by atoms with van der Waals surface area (Å²) in [5.74, 6) is -0.872. The molecule has 3 rings (SSSR count). The molecule has 1 aromatic carbocycles. The van der Waals surface area contributed by atoms with Crippen molar-refractivity contribution in [2.45, 2.75) is 44.1 Å². The van der Waals surface area contributed by atoms with Crippen LogP contribution in [0.15, 0.2) is 35.3 Å². The number of carbonyl (C=O) groups is 3. The highest BCUT2D eigenvalue weighted by Crippen LogP contribution is 2.15. The number of aliphatic imine (C=N–C) groups is 1. The summed E-state index contributed by atoms with van der Waals surface area (Å²) in [5.41, 5.74) is 3.47. The van der Waals surface area contributed by atoms with Crippen molar-refractivity contribution in [3.8, 4) is 0 Å². The predicted molar refractivity (Wildman–Crippen MR) is 118 cm³/mol. The normalized spacial score (nSPS) is 20.3. The Labute approximate surface area is 191 Å². The van der Waals surface area contributed by atoms with E-state index < -0.39 is 30.1 Å². The highest BCUT2D eigenvalue weighted by atomic mass is 16.7. The Kier molecular flexibility index (Phi) is 9.27. The van der Waals surface area contributed by atoms with Crippen LogP contribution in [-0.4, -0.2) is 73.4 Å². The number of carbonyl (C=O) groups excluding carboxylic acids is 2. The summed E-state index contributed by atoms with van der Waals surface area (Å²) in [4.78, 5) is 45.5. The molecule has 33 heavy (non-hydrogen) atoms. The number of hydroxylamine groups is 1. The van der Waals surface area contributed by atoms with Crippen molar-refractivity contribution in [1.29, 1.82) is 0 Å². The summed E-state index contributed by atoms with van der Waals surface area (Å²) in [5, 5.41) is 20.5. The molecule has 12 nitrogen and oxygen atoms in total. The van der Waals surface area contributed by atoms with E-state index in [1.807, 2.05) is 6.07 Å². The summed E-state index contributed by atoms with van der Waals surface area (Å²) in [6.45, 7) is 2.10. The lowest BCUT2D eigenvalue weighted by molar-refractivity contribution is -0.139. The monoisotopic (exact) mass is 462 g/mol. The van der Waals surface area contributed by atoms with E-state index in [0.29, 0.717) is 6.42 Å². The Hall–Kier alpha value is -3.38. The number of alkyl carbamates (subject to hydrolysis) is 1. The molecule has 1 fully saturated rings. The number of amides is 2. The average molecular weight is 463 g/mol. The fourth-order valence-electron chi connectivity index (χ4n) is 3.36. The van der Waals surface area contributed by atoms with Crippen molar-refractivity contribution >= 4 is 23.9 Å². The van der Waals surface area contributed by atoms with E-state index in [0.717, 1.165) is 44.0 Å². The first-order chi connectivity index (χ1) is 16.0. The standard InChI is InChI=1S/C21H30N6O6/c28-18(16-11-15(33-27-16)7-4-8-22-20-23-9-10-24-20)25-12-17(19(29)30)26-21(31)32-13-14-5-2-1-3-6-14/h1-3,5-6,15-17,27H,4,7-13H2,(H,25,28)(H,26,31)(H,29,30)(H2,22,23,24)/t15-,16+,17+/m1/s1. The van der Waals surface area contributed by atoms with E-state index in [2.05, 4.69) is 31.7 Å². The highest BCUT2D eigenvalue weighted by molar-refractivity contribution is 5.84. The van der Waals surface area contributed by atoms with Crippen LogP contribution < -0.4 is 26.7 Å². The predicted octanol–water partition coefficient (Wildman–Crippen LogP) is -0.527. The molecular weight excluding hydrogens is 432 g/mol. The third-order valence-electron chi connectivity index (χ3n) is 5.14. The molecule has 2 amide bonds. The number of hydrogen-bond donors (Lipinski definition) is 6. The maximum Gasteiger partial charge on any atom is 0.408 e. The van der Waals surface area contributed by atoms with Gasteiger partial charge in [0, 0.05) is 26.1 Å². The second-order valence-electron chi connectivity index (χ2n) is 7.71. The number of rotatable bonds is 11. The summed E-state index contributed by atoms with van der Waals surface area (Å²) in [6, 6.07) is 7.09. The Morgan fingerprint density at radius 3 is 2.82 bits per heavy atom. The maximum atomic E-state index is 12.4. The molecular formula is C21H30N6O6. The first-order valence-corrected chi connectivity index (χ1v) is 10.9. The van der Waals surface area contributed by atoms with Gasteiger partial charge in [-0.2, -0.15) is 5.48 Å². The number of nitrogens with one attached hydrogen (secondary N) is 5. The molecule has 1 saturated heterocycles. The number of benzene rings is 1. The minimum atomic E-state index is -1.33. The van der Waals surface area contributed by atoms with Gasteiger partial charge in [-0.1, -0.05) is 30.3 Å². The number of ether oxygens (including phenoxy) is 1. The third-order valence-corrected chi connectivity index (χ3v) is 5.14. The summed E-state index contributed by atoms with van der Waals surface area (Å²) in [6.07, 6.45) is 1.06. The Morgan fingerprint density at radius 1 is 1.27 bits per heavy atom. The molecule has 0 spiro atoms. The van der Waals surface area contributed by atoms with Gasteiger partial charge in [-0.15, -0.1) is 0 Å². The topological polar surface area (TPSA) is 162 Å². The fraction of sp³-hybridized carbons (Fsp3) is 0.524. The van der Waals surface area contributed by atoms with Crippen LogP contribution in [0.2, 0.25) is 0 Å². The number of carboxylic acids is 1. The van der Waals surface area contributed by atoms with Gasteiger partial charge in [-0.25, -0.2) is 9.59 Å². The molecule has 6 N–H and O–H groups in total. The van der Waals surface area contributed by atoms with Crippen LogP contribution in [0.4, 0.5) is 4.79 Å². The smallest absolute Gasteiger partial charge is 0.408 e. The Morgan fingerprint density at radius 2 is 2.09 bits per heavy atom. The van der Waals surface area contributed by atoms with Gasteiger partial charge in [-0.3, -0.25) is 14.6 Å². The van der Waals surface area contributed by atoms with Crippen LogP contribution in [0.5, 0.6) is 0 Å². The van der Waals surface area contributed by atoms with Gasteiger partial charge >= 0.3 is 12.1 Å². The molecule has 2 aliphatic heterocycles. The number of carboxylic acid groups (broad SMARTS) is 1. The average Bonchev–Trinajstić information content (AvgIpc) is 3.51. The van der Waals surface area contributed by atoms with Crippen molar-refractivity contribution < 1.29 is 29.1 Å². The van der Waals surface area contributed by atoms with Gasteiger partial charge in [0.2, 0.25) is 5.91 Å². The van der Waals surface area contributed by atoms with Crippen molar-refractivity contribution in [3.05, 3.63) is 35.9 Å². The maximum absolute atomic E-state index is 12.4. The number of guanidine groups is 1. The summed E-state index contributed by atoms with van der Waals surface area (Å²) >= 11 is 0. The van der Waals surface area contributed by atoms with Gasteiger partial charge < -0.3 is 31.1 Å². The molecule has 2 aliphatic rings. The fourth-order valence-corrected chi connectivity index (χ4v) is 3.36. The van der Waals surface area contributed by atoms with Crippen LogP contribution in [0.3, 0.4) is 0 Å². The first kappa shape index (κ1) is 24.3. The third kappa shape index (κ3) is 8.24. The molecule has 3 atom stereocenters. The second kappa shape index (κ2) is 12.6. The van der Waals surface area contributed by atoms with E-state index in [1.54, 1.807) is 24.3 Å². The molecule has 0 bridgehead atoms. The highest BCUT2D eigenvalue weighted by Gasteiger charge is 2.31. The van der Waals surface area contributed by atoms with Crippen LogP contribution >= 0.6 is 0 Å². The van der Waals surface area contributed by atoms with Crippen molar-refractivity contribution in [2.24, 2.45) is 4.99 Å². The van der Waals surface area contributed by atoms with Gasteiger partial charge in [0.05, 0.1) is 12.6 Å². The van der Waals surface area contributed by atoms with E-state index in [4.69, 9.17) is 9.57 Å². The molecule has 0 saturated carbocycles. The molecule has 0 aromatic heterocycles. The van der Waals surface area contributed by atoms with E-state index >= 15 is 0 Å². The van der Waals surface area contributed by atoms with E-state index in [1.165, 1.54) is 0 Å². The Bertz CT molecular complexity index is 836. The van der Waals surface area contributed by atoms with Crippen molar-refractivity contribution in [2.75, 3.05) is 26.2 Å². The largest absolute Gasteiger partial charge is 0.480 e. The van der Waals surface area contributed by atoms with Crippen LogP contribution in [0, 0.1) is 0 Å². The zero-order valence-corrected chi connectivity index (χ0v) is 18.2. The number of aliphatic carboxylic acids is 1. The van der Waals surface area contributed by atoms with Gasteiger partial charge in [0.15, 0.2) is 5.96 Å². The molecule has 180 valence electrons. The van der Waals surface area contributed by atoms with Crippen LogP contribution in [0.1, 0.15) is 24.8 Å². The lowest BCUT2D eigenvalue weighted by atomic mass is 10.1. The molecule has 2 heterocycles. The van der Waals surface area contributed by atoms with Gasteiger partial charge in [0.1, 0.15) is 18.7 Å². The number of hydrogen-bond acceptors (Lipinski definition) is 9. The van der Waals surface area contributed by atoms with Crippen LogP contribution in [0.25, 0.3) is 0 Å². The van der Waals surface area contributed by atoms with Crippen molar-refractivity contribution in [3.63, 3.8) is 0 Å². The lowest BCUT2D eigenvalue weighted by Crippen LogP contribution is -2.51. The van der Waals surface area contributed by atoms with E-state index in [-0.39, 0.29) is 19.3 Å². The molecule has 0 radical (unpaired) electrons. The van der Waals surface area contributed by atoms with Gasteiger partial charge in [0.25, 0.3) is 0 Å².